The first-order valence-electron chi connectivity index (χ1n) is 4.62. The molecule has 0 amide bonds. The second kappa shape index (κ2) is 5.08. The standard InChI is InChI=1S/C12H10FNO2/c1-8(15)11(7-14)12(16)6-9-3-2-4-10(13)5-9/h2-5,15H,6H2,1H3. The molecule has 1 rings (SSSR count). The molecule has 0 unspecified atom stereocenters. The number of carbonyl (C=O) groups excluding carboxylic acids is 1. The predicted molar refractivity (Wildman–Crippen MR) is 56.1 cm³/mol. The highest BCUT2D eigenvalue weighted by molar-refractivity contribution is 6.00. The number of aliphatic hydroxyl groups excluding tert-OH is 1. The summed E-state index contributed by atoms with van der Waals surface area (Å²) in [5.74, 6) is -1.27. The summed E-state index contributed by atoms with van der Waals surface area (Å²) in [5.41, 5.74) is 0.184. The number of nitriles is 1. The molecular weight excluding hydrogens is 209 g/mol. The maximum absolute atomic E-state index is 12.8. The summed E-state index contributed by atoms with van der Waals surface area (Å²) in [6.07, 6.45) is -0.0987. The van der Waals surface area contributed by atoms with E-state index in [1.165, 1.54) is 25.1 Å². The lowest BCUT2D eigenvalue weighted by atomic mass is 10.0. The minimum Gasteiger partial charge on any atom is -0.511 e. The monoisotopic (exact) mass is 219 g/mol. The minimum absolute atomic E-state index is 0.0987. The molecule has 0 aliphatic heterocycles. The second-order valence-corrected chi connectivity index (χ2v) is 3.30. The molecule has 0 aromatic heterocycles. The lowest BCUT2D eigenvalue weighted by Crippen LogP contribution is -2.07. The molecule has 0 spiro atoms. The van der Waals surface area contributed by atoms with Gasteiger partial charge in [0.15, 0.2) is 5.78 Å². The Kier molecular flexibility index (Phi) is 3.78. The van der Waals surface area contributed by atoms with Crippen LogP contribution in [0.5, 0.6) is 0 Å². The van der Waals surface area contributed by atoms with Crippen molar-refractivity contribution >= 4 is 5.78 Å². The molecule has 3 nitrogen and oxygen atoms in total. The van der Waals surface area contributed by atoms with Crippen molar-refractivity contribution in [2.45, 2.75) is 13.3 Å². The van der Waals surface area contributed by atoms with Gasteiger partial charge in [0.1, 0.15) is 23.2 Å². The Morgan fingerprint density at radius 1 is 1.56 bits per heavy atom. The van der Waals surface area contributed by atoms with Gasteiger partial charge in [-0.1, -0.05) is 12.1 Å². The fourth-order valence-electron chi connectivity index (χ4n) is 1.27. The Bertz CT molecular complexity index is 482. The van der Waals surface area contributed by atoms with Gasteiger partial charge in [-0.3, -0.25) is 4.79 Å². The molecule has 0 heterocycles. The first kappa shape index (κ1) is 11.9. The zero-order valence-electron chi connectivity index (χ0n) is 8.70. The number of Topliss-reactive ketones (excluding diaryl/α,β-unsaturated/α-hetero) is 1. The third-order valence-corrected chi connectivity index (χ3v) is 2.01. The van der Waals surface area contributed by atoms with Gasteiger partial charge in [-0.2, -0.15) is 5.26 Å². The van der Waals surface area contributed by atoms with E-state index >= 15 is 0 Å². The summed E-state index contributed by atoms with van der Waals surface area (Å²) in [5, 5.41) is 17.7. The normalized spacial score (nSPS) is 11.6. The molecular formula is C12H10FNO2. The lowest BCUT2D eigenvalue weighted by molar-refractivity contribution is -0.114. The van der Waals surface area contributed by atoms with Gasteiger partial charge in [-0.25, -0.2) is 4.39 Å². The summed E-state index contributed by atoms with van der Waals surface area (Å²) in [6.45, 7) is 1.27. The van der Waals surface area contributed by atoms with Crippen LogP contribution in [0.2, 0.25) is 0 Å². The highest BCUT2D eigenvalue weighted by Gasteiger charge is 2.13. The van der Waals surface area contributed by atoms with Gasteiger partial charge in [0.25, 0.3) is 0 Å². The zero-order valence-corrected chi connectivity index (χ0v) is 8.70. The van der Waals surface area contributed by atoms with E-state index in [-0.39, 0.29) is 17.8 Å². The molecule has 0 bridgehead atoms. The molecule has 0 radical (unpaired) electrons. The number of aliphatic hydroxyl groups is 1. The topological polar surface area (TPSA) is 61.1 Å². The number of allylic oxidation sites excluding steroid dienone is 2. The number of rotatable bonds is 3. The van der Waals surface area contributed by atoms with Crippen LogP contribution in [0.25, 0.3) is 0 Å². The van der Waals surface area contributed by atoms with Crippen molar-refractivity contribution in [1.29, 1.82) is 5.26 Å². The Morgan fingerprint density at radius 3 is 2.75 bits per heavy atom. The zero-order chi connectivity index (χ0) is 12.1. The van der Waals surface area contributed by atoms with Crippen LogP contribution in [0.15, 0.2) is 35.6 Å². The number of carbonyl (C=O) groups is 1. The van der Waals surface area contributed by atoms with Crippen LogP contribution in [0.3, 0.4) is 0 Å². The van der Waals surface area contributed by atoms with Crippen LogP contribution in [0.1, 0.15) is 12.5 Å². The molecule has 1 aromatic rings. The van der Waals surface area contributed by atoms with E-state index in [1.54, 1.807) is 12.1 Å². The van der Waals surface area contributed by atoms with Crippen molar-refractivity contribution in [3.63, 3.8) is 0 Å². The highest BCUT2D eigenvalue weighted by atomic mass is 19.1. The summed E-state index contributed by atoms with van der Waals surface area (Å²) >= 11 is 0. The maximum atomic E-state index is 12.8. The molecule has 82 valence electrons. The fourth-order valence-corrected chi connectivity index (χ4v) is 1.27. The minimum atomic E-state index is -0.520. The molecule has 0 atom stereocenters. The van der Waals surface area contributed by atoms with Crippen molar-refractivity contribution in [1.82, 2.24) is 0 Å². The largest absolute Gasteiger partial charge is 0.511 e. The van der Waals surface area contributed by atoms with E-state index in [2.05, 4.69) is 0 Å². The SMILES string of the molecule is CC(O)=C(C#N)C(=O)Cc1cccc(F)c1. The van der Waals surface area contributed by atoms with Crippen molar-refractivity contribution < 1.29 is 14.3 Å². The van der Waals surface area contributed by atoms with Gasteiger partial charge in [0.2, 0.25) is 0 Å². The molecule has 16 heavy (non-hydrogen) atoms. The van der Waals surface area contributed by atoms with Gasteiger partial charge >= 0.3 is 0 Å². The number of nitrogens with zero attached hydrogens (tertiary/aromatic N) is 1. The lowest BCUT2D eigenvalue weighted by Gasteiger charge is -2.01. The van der Waals surface area contributed by atoms with Crippen molar-refractivity contribution in [3.05, 3.63) is 47.0 Å². The third kappa shape index (κ3) is 2.92. The maximum Gasteiger partial charge on any atom is 0.181 e. The van der Waals surface area contributed by atoms with E-state index in [1.807, 2.05) is 0 Å². The Morgan fingerprint density at radius 2 is 2.25 bits per heavy atom. The number of hydrogen-bond acceptors (Lipinski definition) is 3. The average Bonchev–Trinajstić information content (AvgIpc) is 2.17. The number of hydrogen-bond donors (Lipinski definition) is 1. The third-order valence-electron chi connectivity index (χ3n) is 2.01. The molecule has 4 heteroatoms. The Labute approximate surface area is 92.4 Å². The molecule has 0 saturated heterocycles. The van der Waals surface area contributed by atoms with Gasteiger partial charge in [-0.15, -0.1) is 0 Å². The highest BCUT2D eigenvalue weighted by Crippen LogP contribution is 2.09. The van der Waals surface area contributed by atoms with Gasteiger partial charge in [0, 0.05) is 6.42 Å². The molecule has 1 N–H and O–H groups in total. The van der Waals surface area contributed by atoms with E-state index in [4.69, 9.17) is 10.4 Å². The quantitative estimate of drug-likeness (QED) is 0.482. The van der Waals surface area contributed by atoms with E-state index in [0.717, 1.165) is 0 Å². The molecule has 0 saturated carbocycles. The van der Waals surface area contributed by atoms with Crippen molar-refractivity contribution in [2.75, 3.05) is 0 Å². The Hall–Kier alpha value is -2.15. The van der Waals surface area contributed by atoms with Crippen LogP contribution in [-0.4, -0.2) is 10.9 Å². The first-order chi connectivity index (χ1) is 7.54. The summed E-state index contributed by atoms with van der Waals surface area (Å²) in [4.78, 5) is 11.5. The van der Waals surface area contributed by atoms with Crippen LogP contribution < -0.4 is 0 Å². The number of ketones is 1. The Balaban J connectivity index is 2.88. The molecule has 0 aliphatic carbocycles. The number of halogens is 1. The van der Waals surface area contributed by atoms with Crippen LogP contribution >= 0.6 is 0 Å². The van der Waals surface area contributed by atoms with E-state index in [0.29, 0.717) is 5.56 Å². The second-order valence-electron chi connectivity index (χ2n) is 3.30. The summed E-state index contributed by atoms with van der Waals surface area (Å²) in [6, 6.07) is 7.19. The number of benzene rings is 1. The average molecular weight is 219 g/mol. The predicted octanol–water partition coefficient (Wildman–Crippen LogP) is 2.29. The van der Waals surface area contributed by atoms with Gasteiger partial charge < -0.3 is 5.11 Å². The van der Waals surface area contributed by atoms with Crippen LogP contribution in [-0.2, 0) is 11.2 Å². The smallest absolute Gasteiger partial charge is 0.181 e. The van der Waals surface area contributed by atoms with E-state index in [9.17, 15) is 9.18 Å². The summed E-state index contributed by atoms with van der Waals surface area (Å²) < 4.78 is 12.8. The van der Waals surface area contributed by atoms with Crippen LogP contribution in [0, 0.1) is 17.1 Å². The summed E-state index contributed by atoms with van der Waals surface area (Å²) in [7, 11) is 0. The first-order valence-corrected chi connectivity index (χ1v) is 4.62. The molecule has 0 fully saturated rings. The van der Waals surface area contributed by atoms with Crippen molar-refractivity contribution in [3.8, 4) is 6.07 Å². The van der Waals surface area contributed by atoms with Gasteiger partial charge in [0.05, 0.1) is 0 Å². The molecule has 0 aliphatic rings. The fraction of sp³-hybridized carbons (Fsp3) is 0.167. The van der Waals surface area contributed by atoms with Crippen molar-refractivity contribution in [2.24, 2.45) is 0 Å². The van der Waals surface area contributed by atoms with Gasteiger partial charge in [-0.05, 0) is 24.6 Å². The molecule has 1 aromatic carbocycles. The van der Waals surface area contributed by atoms with Crippen LogP contribution in [0.4, 0.5) is 4.39 Å². The van der Waals surface area contributed by atoms with E-state index < -0.39 is 11.6 Å².